The van der Waals surface area contributed by atoms with Crippen LogP contribution < -0.4 is 10.6 Å². The largest absolute Gasteiger partial charge is 0.399 e. The van der Waals surface area contributed by atoms with E-state index >= 15 is 0 Å². The van der Waals surface area contributed by atoms with E-state index in [-0.39, 0.29) is 0 Å². The average molecular weight is 284 g/mol. The van der Waals surface area contributed by atoms with Crippen molar-refractivity contribution < 1.29 is 0 Å². The summed E-state index contributed by atoms with van der Waals surface area (Å²) in [5.41, 5.74) is 9.91. The maximum Gasteiger partial charge on any atom is 0.226 e. The Balaban J connectivity index is 2.29. The van der Waals surface area contributed by atoms with E-state index in [0.717, 1.165) is 36.1 Å². The van der Waals surface area contributed by atoms with Crippen molar-refractivity contribution in [2.75, 3.05) is 17.2 Å². The molecule has 0 aliphatic carbocycles. The maximum absolute atomic E-state index is 5.85. The second-order valence-electron chi connectivity index (χ2n) is 5.65. The van der Waals surface area contributed by atoms with E-state index in [0.29, 0.717) is 5.92 Å². The standard InChI is InChI=1S/C17H24N4/c1-5-21(11-14-7-6-8-15(18)10-14)17-19-13(4)9-16(20-17)12(2)3/h6-10,12H,5,11,18H2,1-4H3. The highest BCUT2D eigenvalue weighted by Crippen LogP contribution is 2.19. The minimum Gasteiger partial charge on any atom is -0.399 e. The van der Waals surface area contributed by atoms with Crippen molar-refractivity contribution in [3.63, 3.8) is 0 Å². The lowest BCUT2D eigenvalue weighted by atomic mass is 10.1. The zero-order valence-electron chi connectivity index (χ0n) is 13.3. The molecule has 1 heterocycles. The van der Waals surface area contributed by atoms with Gasteiger partial charge in [-0.25, -0.2) is 9.97 Å². The first-order valence-electron chi connectivity index (χ1n) is 7.44. The number of benzene rings is 1. The summed E-state index contributed by atoms with van der Waals surface area (Å²) in [4.78, 5) is 11.5. The summed E-state index contributed by atoms with van der Waals surface area (Å²) in [5, 5.41) is 0. The Morgan fingerprint density at radius 2 is 1.95 bits per heavy atom. The molecular formula is C17H24N4. The number of aryl methyl sites for hydroxylation is 1. The minimum atomic E-state index is 0.400. The lowest BCUT2D eigenvalue weighted by Gasteiger charge is -2.22. The highest BCUT2D eigenvalue weighted by atomic mass is 15.2. The number of rotatable bonds is 5. The maximum atomic E-state index is 5.85. The van der Waals surface area contributed by atoms with E-state index in [1.165, 1.54) is 5.56 Å². The van der Waals surface area contributed by atoms with Crippen molar-refractivity contribution in [1.82, 2.24) is 9.97 Å². The van der Waals surface area contributed by atoms with Crippen LogP contribution in [0, 0.1) is 6.92 Å². The smallest absolute Gasteiger partial charge is 0.226 e. The molecule has 0 spiro atoms. The molecule has 0 bridgehead atoms. The van der Waals surface area contributed by atoms with Crippen LogP contribution >= 0.6 is 0 Å². The van der Waals surface area contributed by atoms with Crippen LogP contribution in [0.25, 0.3) is 0 Å². The number of aromatic nitrogens is 2. The Morgan fingerprint density at radius 3 is 2.57 bits per heavy atom. The minimum absolute atomic E-state index is 0.400. The van der Waals surface area contributed by atoms with Crippen LogP contribution in [-0.4, -0.2) is 16.5 Å². The van der Waals surface area contributed by atoms with E-state index in [4.69, 9.17) is 10.7 Å². The Kier molecular flexibility index (Phi) is 4.78. The van der Waals surface area contributed by atoms with Crippen LogP contribution in [0.5, 0.6) is 0 Å². The highest BCUT2D eigenvalue weighted by molar-refractivity contribution is 5.43. The van der Waals surface area contributed by atoms with Crippen molar-refractivity contribution >= 4 is 11.6 Å². The number of nitrogens with zero attached hydrogens (tertiary/aromatic N) is 3. The van der Waals surface area contributed by atoms with Gasteiger partial charge in [0.05, 0.1) is 0 Å². The summed E-state index contributed by atoms with van der Waals surface area (Å²) in [6.45, 7) is 10.1. The molecule has 0 aliphatic heterocycles. The predicted molar refractivity (Wildman–Crippen MR) is 88.4 cm³/mol. The van der Waals surface area contributed by atoms with E-state index in [1.54, 1.807) is 0 Å². The molecule has 0 saturated carbocycles. The van der Waals surface area contributed by atoms with Crippen molar-refractivity contribution in [2.45, 2.75) is 40.2 Å². The van der Waals surface area contributed by atoms with Gasteiger partial charge in [-0.2, -0.15) is 0 Å². The van der Waals surface area contributed by atoms with E-state index in [9.17, 15) is 0 Å². The molecule has 0 atom stereocenters. The average Bonchev–Trinajstić information content (AvgIpc) is 2.44. The van der Waals surface area contributed by atoms with Crippen LogP contribution in [0.4, 0.5) is 11.6 Å². The van der Waals surface area contributed by atoms with Gasteiger partial charge in [0.2, 0.25) is 5.95 Å². The van der Waals surface area contributed by atoms with E-state index in [2.05, 4.69) is 42.8 Å². The molecule has 1 aromatic carbocycles. The Hall–Kier alpha value is -2.10. The first kappa shape index (κ1) is 15.3. The highest BCUT2D eigenvalue weighted by Gasteiger charge is 2.12. The second-order valence-corrected chi connectivity index (χ2v) is 5.65. The predicted octanol–water partition coefficient (Wildman–Crippen LogP) is 3.52. The van der Waals surface area contributed by atoms with Crippen LogP contribution in [0.3, 0.4) is 0 Å². The molecule has 0 radical (unpaired) electrons. The quantitative estimate of drug-likeness (QED) is 0.854. The molecule has 112 valence electrons. The summed E-state index contributed by atoms with van der Waals surface area (Å²) in [6.07, 6.45) is 0. The molecule has 0 unspecified atom stereocenters. The van der Waals surface area contributed by atoms with Gasteiger partial charge in [-0.3, -0.25) is 0 Å². The molecule has 0 saturated heterocycles. The van der Waals surface area contributed by atoms with Gasteiger partial charge in [-0.05, 0) is 43.5 Å². The number of hydrogen-bond acceptors (Lipinski definition) is 4. The topological polar surface area (TPSA) is 55.0 Å². The lowest BCUT2D eigenvalue weighted by molar-refractivity contribution is 0.753. The van der Waals surface area contributed by atoms with Gasteiger partial charge >= 0.3 is 0 Å². The third-order valence-electron chi connectivity index (χ3n) is 3.44. The molecule has 4 heteroatoms. The van der Waals surface area contributed by atoms with Crippen LogP contribution in [0.1, 0.15) is 43.6 Å². The Morgan fingerprint density at radius 1 is 1.19 bits per heavy atom. The second kappa shape index (κ2) is 6.57. The molecule has 0 amide bonds. The summed E-state index contributed by atoms with van der Waals surface area (Å²) in [7, 11) is 0. The lowest BCUT2D eigenvalue weighted by Crippen LogP contribution is -2.25. The SMILES string of the molecule is CCN(Cc1cccc(N)c1)c1nc(C)cc(C(C)C)n1. The van der Waals surface area contributed by atoms with Gasteiger partial charge in [0.15, 0.2) is 0 Å². The van der Waals surface area contributed by atoms with Crippen molar-refractivity contribution in [3.05, 3.63) is 47.3 Å². The molecule has 2 rings (SSSR count). The Labute approximate surface area is 127 Å². The van der Waals surface area contributed by atoms with Gasteiger partial charge in [-0.1, -0.05) is 26.0 Å². The molecule has 0 fully saturated rings. The fourth-order valence-corrected chi connectivity index (χ4v) is 2.25. The van der Waals surface area contributed by atoms with Crippen LogP contribution in [0.2, 0.25) is 0 Å². The summed E-state index contributed by atoms with van der Waals surface area (Å²) in [5.74, 6) is 1.19. The van der Waals surface area contributed by atoms with Crippen molar-refractivity contribution in [1.29, 1.82) is 0 Å². The third kappa shape index (κ3) is 3.94. The zero-order chi connectivity index (χ0) is 15.4. The first-order valence-corrected chi connectivity index (χ1v) is 7.44. The number of anilines is 2. The van der Waals surface area contributed by atoms with Gasteiger partial charge in [0.1, 0.15) is 0 Å². The summed E-state index contributed by atoms with van der Waals surface area (Å²) >= 11 is 0. The molecule has 1 aromatic heterocycles. The van der Waals surface area contributed by atoms with E-state index < -0.39 is 0 Å². The zero-order valence-corrected chi connectivity index (χ0v) is 13.3. The number of hydrogen-bond donors (Lipinski definition) is 1. The third-order valence-corrected chi connectivity index (χ3v) is 3.44. The van der Waals surface area contributed by atoms with Crippen molar-refractivity contribution in [3.8, 4) is 0 Å². The number of nitrogens with two attached hydrogens (primary N) is 1. The monoisotopic (exact) mass is 284 g/mol. The van der Waals surface area contributed by atoms with Crippen LogP contribution in [0.15, 0.2) is 30.3 Å². The molecule has 4 nitrogen and oxygen atoms in total. The van der Waals surface area contributed by atoms with Gasteiger partial charge in [0, 0.05) is 30.2 Å². The summed E-state index contributed by atoms with van der Waals surface area (Å²) in [6, 6.07) is 10.0. The fourth-order valence-electron chi connectivity index (χ4n) is 2.25. The Bertz CT molecular complexity index is 607. The fraction of sp³-hybridized carbons (Fsp3) is 0.412. The van der Waals surface area contributed by atoms with Gasteiger partial charge < -0.3 is 10.6 Å². The molecule has 0 aliphatic rings. The molecule has 2 aromatic rings. The van der Waals surface area contributed by atoms with E-state index in [1.807, 2.05) is 25.1 Å². The molecular weight excluding hydrogens is 260 g/mol. The normalized spacial score (nSPS) is 10.9. The van der Waals surface area contributed by atoms with Gasteiger partial charge in [-0.15, -0.1) is 0 Å². The molecule has 21 heavy (non-hydrogen) atoms. The van der Waals surface area contributed by atoms with Crippen molar-refractivity contribution in [2.24, 2.45) is 0 Å². The molecule has 2 N–H and O–H groups in total. The van der Waals surface area contributed by atoms with Crippen LogP contribution in [-0.2, 0) is 6.54 Å². The summed E-state index contributed by atoms with van der Waals surface area (Å²) < 4.78 is 0. The van der Waals surface area contributed by atoms with Gasteiger partial charge in [0.25, 0.3) is 0 Å². The first-order chi connectivity index (χ1) is 9.99. The number of nitrogen functional groups attached to an aromatic ring is 1.